The van der Waals surface area contributed by atoms with Crippen LogP contribution in [0, 0.1) is 0 Å². The lowest BCUT2D eigenvalue weighted by Crippen LogP contribution is -2.50. The van der Waals surface area contributed by atoms with Crippen molar-refractivity contribution in [2.75, 3.05) is 6.54 Å². The minimum Gasteiger partial charge on any atom is -0.336 e. The smallest absolute Gasteiger partial charge is 0.325 e. The maximum atomic E-state index is 12.7. The van der Waals surface area contributed by atoms with E-state index in [2.05, 4.69) is 5.32 Å². The van der Waals surface area contributed by atoms with E-state index in [4.69, 9.17) is 0 Å². The number of imide groups is 1. The van der Waals surface area contributed by atoms with Crippen LogP contribution in [0.15, 0.2) is 0 Å². The van der Waals surface area contributed by atoms with E-state index in [-0.39, 0.29) is 30.4 Å². The standard InChI is InChI=1S/C17H29N3O3/c1-5-12(3)20(13(4)6-2)14(21)11-19-15(22)17(18-16(19)23)9-7-8-10-17/h12-13H,5-11H2,1-4H3,(H,18,23)/t12-,13-/m0/s1. The molecule has 2 atom stereocenters. The second-order valence-electron chi connectivity index (χ2n) is 6.93. The van der Waals surface area contributed by atoms with Crippen molar-refractivity contribution < 1.29 is 14.4 Å². The average molecular weight is 323 g/mol. The molecule has 0 unspecified atom stereocenters. The summed E-state index contributed by atoms with van der Waals surface area (Å²) in [6.07, 6.45) is 4.95. The molecule has 1 saturated heterocycles. The summed E-state index contributed by atoms with van der Waals surface area (Å²) in [6, 6.07) is -0.226. The molecule has 6 heteroatoms. The third kappa shape index (κ3) is 3.21. The van der Waals surface area contributed by atoms with Crippen LogP contribution in [0.1, 0.15) is 66.2 Å². The maximum absolute atomic E-state index is 12.7. The van der Waals surface area contributed by atoms with Crippen molar-refractivity contribution >= 4 is 17.8 Å². The van der Waals surface area contributed by atoms with Gasteiger partial charge in [0.05, 0.1) is 0 Å². The summed E-state index contributed by atoms with van der Waals surface area (Å²) in [5, 5.41) is 2.83. The van der Waals surface area contributed by atoms with Gasteiger partial charge in [-0.2, -0.15) is 0 Å². The molecule has 1 aliphatic heterocycles. The summed E-state index contributed by atoms with van der Waals surface area (Å²) in [4.78, 5) is 40.5. The van der Waals surface area contributed by atoms with Gasteiger partial charge in [-0.1, -0.05) is 26.7 Å². The van der Waals surface area contributed by atoms with Crippen LogP contribution < -0.4 is 5.32 Å². The van der Waals surface area contributed by atoms with Crippen molar-refractivity contribution in [1.82, 2.24) is 15.1 Å². The second kappa shape index (κ2) is 6.89. The fraction of sp³-hybridized carbons (Fsp3) is 0.824. The molecule has 0 aromatic rings. The molecule has 1 N–H and O–H groups in total. The van der Waals surface area contributed by atoms with E-state index in [0.717, 1.165) is 30.6 Å². The maximum Gasteiger partial charge on any atom is 0.325 e. The number of amides is 4. The quantitative estimate of drug-likeness (QED) is 0.762. The van der Waals surface area contributed by atoms with Crippen LogP contribution in [0.25, 0.3) is 0 Å². The van der Waals surface area contributed by atoms with Crippen molar-refractivity contribution in [2.24, 2.45) is 0 Å². The monoisotopic (exact) mass is 323 g/mol. The van der Waals surface area contributed by atoms with Gasteiger partial charge in [0.25, 0.3) is 5.91 Å². The molecular weight excluding hydrogens is 294 g/mol. The molecule has 2 aliphatic rings. The van der Waals surface area contributed by atoms with Crippen LogP contribution in [0.2, 0.25) is 0 Å². The fourth-order valence-electron chi connectivity index (χ4n) is 3.67. The molecule has 1 spiro atoms. The predicted molar refractivity (Wildman–Crippen MR) is 87.8 cm³/mol. The SMILES string of the molecule is CC[C@H](C)N(C(=O)CN1C(=O)NC2(CCCC2)C1=O)[C@@H](C)CC. The van der Waals surface area contributed by atoms with Crippen LogP contribution in [0.5, 0.6) is 0 Å². The Bertz CT molecular complexity index is 475. The zero-order chi connectivity index (χ0) is 17.2. The molecule has 4 amide bonds. The summed E-state index contributed by atoms with van der Waals surface area (Å²) in [5.74, 6) is -0.367. The topological polar surface area (TPSA) is 69.7 Å². The molecule has 23 heavy (non-hydrogen) atoms. The molecule has 6 nitrogen and oxygen atoms in total. The highest BCUT2D eigenvalue weighted by molar-refractivity contribution is 6.09. The third-order valence-electron chi connectivity index (χ3n) is 5.42. The predicted octanol–water partition coefficient (Wildman–Crippen LogP) is 2.28. The summed E-state index contributed by atoms with van der Waals surface area (Å²) < 4.78 is 0. The van der Waals surface area contributed by atoms with Gasteiger partial charge in [0.1, 0.15) is 12.1 Å². The third-order valence-corrected chi connectivity index (χ3v) is 5.42. The number of nitrogens with zero attached hydrogens (tertiary/aromatic N) is 2. The van der Waals surface area contributed by atoms with Crippen molar-refractivity contribution in [3.8, 4) is 0 Å². The summed E-state index contributed by atoms with van der Waals surface area (Å²) in [7, 11) is 0. The fourth-order valence-corrected chi connectivity index (χ4v) is 3.67. The number of carbonyl (C=O) groups excluding carboxylic acids is 3. The zero-order valence-electron chi connectivity index (χ0n) is 14.7. The van der Waals surface area contributed by atoms with Crippen LogP contribution in [0.3, 0.4) is 0 Å². The Morgan fingerprint density at radius 1 is 1.17 bits per heavy atom. The highest BCUT2D eigenvalue weighted by Crippen LogP contribution is 2.35. The molecule has 0 aromatic heterocycles. The Kier molecular flexibility index (Phi) is 5.32. The van der Waals surface area contributed by atoms with Gasteiger partial charge in [0.15, 0.2) is 0 Å². The van der Waals surface area contributed by atoms with E-state index in [1.54, 1.807) is 0 Å². The van der Waals surface area contributed by atoms with Gasteiger partial charge in [-0.3, -0.25) is 14.5 Å². The van der Waals surface area contributed by atoms with E-state index < -0.39 is 11.6 Å². The average Bonchev–Trinajstić information content (AvgIpc) is 3.08. The lowest BCUT2D eigenvalue weighted by atomic mass is 9.98. The first kappa shape index (κ1) is 17.8. The highest BCUT2D eigenvalue weighted by Gasteiger charge is 2.53. The molecule has 130 valence electrons. The first-order valence-corrected chi connectivity index (χ1v) is 8.81. The van der Waals surface area contributed by atoms with E-state index in [1.807, 2.05) is 32.6 Å². The molecule has 0 radical (unpaired) electrons. The Morgan fingerprint density at radius 2 is 1.70 bits per heavy atom. The van der Waals surface area contributed by atoms with E-state index >= 15 is 0 Å². The lowest BCUT2D eigenvalue weighted by molar-refractivity contribution is -0.141. The van der Waals surface area contributed by atoms with Gasteiger partial charge in [-0.05, 0) is 39.5 Å². The van der Waals surface area contributed by atoms with Crippen LogP contribution >= 0.6 is 0 Å². The van der Waals surface area contributed by atoms with E-state index in [0.29, 0.717) is 12.8 Å². The van der Waals surface area contributed by atoms with E-state index in [9.17, 15) is 14.4 Å². The van der Waals surface area contributed by atoms with Gasteiger partial charge < -0.3 is 10.2 Å². The Hall–Kier alpha value is -1.59. The molecule has 1 saturated carbocycles. The summed E-state index contributed by atoms with van der Waals surface area (Å²) in [6.45, 7) is 7.94. The van der Waals surface area contributed by atoms with Crippen molar-refractivity contribution in [2.45, 2.75) is 83.8 Å². The minimum absolute atomic E-state index is 0.0960. The Balaban J connectivity index is 2.12. The number of carbonyl (C=O) groups is 3. The first-order chi connectivity index (χ1) is 10.9. The second-order valence-corrected chi connectivity index (χ2v) is 6.93. The normalized spacial score (nSPS) is 22.3. The number of urea groups is 1. The summed E-state index contributed by atoms with van der Waals surface area (Å²) in [5.41, 5.74) is -0.741. The van der Waals surface area contributed by atoms with E-state index in [1.165, 1.54) is 0 Å². The largest absolute Gasteiger partial charge is 0.336 e. The molecule has 0 bridgehead atoms. The number of hydrogen-bond acceptors (Lipinski definition) is 3. The van der Waals surface area contributed by atoms with Gasteiger partial charge in [-0.25, -0.2) is 4.79 Å². The molecule has 1 heterocycles. The Morgan fingerprint density at radius 3 is 2.17 bits per heavy atom. The van der Waals surface area contributed by atoms with Gasteiger partial charge in [0.2, 0.25) is 5.91 Å². The van der Waals surface area contributed by atoms with Crippen LogP contribution in [0.4, 0.5) is 4.79 Å². The number of hydrogen-bond donors (Lipinski definition) is 1. The molecule has 0 aromatic carbocycles. The minimum atomic E-state index is -0.741. The van der Waals surface area contributed by atoms with Crippen molar-refractivity contribution in [1.29, 1.82) is 0 Å². The van der Waals surface area contributed by atoms with Gasteiger partial charge in [-0.15, -0.1) is 0 Å². The molecule has 2 fully saturated rings. The van der Waals surface area contributed by atoms with Crippen molar-refractivity contribution in [3.05, 3.63) is 0 Å². The number of nitrogens with one attached hydrogen (secondary N) is 1. The summed E-state index contributed by atoms with van der Waals surface area (Å²) >= 11 is 0. The van der Waals surface area contributed by atoms with Crippen molar-refractivity contribution in [3.63, 3.8) is 0 Å². The lowest BCUT2D eigenvalue weighted by Gasteiger charge is -2.35. The van der Waals surface area contributed by atoms with Crippen LogP contribution in [-0.4, -0.2) is 51.8 Å². The first-order valence-electron chi connectivity index (χ1n) is 8.81. The van der Waals surface area contributed by atoms with Gasteiger partial charge in [0, 0.05) is 12.1 Å². The molecule has 2 rings (SSSR count). The van der Waals surface area contributed by atoms with Crippen LogP contribution in [-0.2, 0) is 9.59 Å². The highest BCUT2D eigenvalue weighted by atomic mass is 16.2. The zero-order valence-corrected chi connectivity index (χ0v) is 14.7. The number of rotatable bonds is 6. The molecular formula is C17H29N3O3. The molecule has 1 aliphatic carbocycles. The Labute approximate surface area is 138 Å². The van der Waals surface area contributed by atoms with Gasteiger partial charge >= 0.3 is 6.03 Å².